The highest BCUT2D eigenvalue weighted by Gasteiger charge is 2.07. The lowest BCUT2D eigenvalue weighted by atomic mass is 10.2. The molecular weight excluding hydrogens is 256 g/mol. The molecule has 0 spiro atoms. The number of fused-ring (bicyclic) bond motifs is 1. The van der Waals surface area contributed by atoms with E-state index in [9.17, 15) is 5.11 Å². The van der Waals surface area contributed by atoms with Gasteiger partial charge in [0.15, 0.2) is 0 Å². The van der Waals surface area contributed by atoms with Crippen molar-refractivity contribution >= 4 is 21.4 Å². The summed E-state index contributed by atoms with van der Waals surface area (Å²) in [4.78, 5) is 0. The molecule has 19 heavy (non-hydrogen) atoms. The summed E-state index contributed by atoms with van der Waals surface area (Å²) in [7, 11) is 0. The smallest absolute Gasteiger partial charge is 0.133 e. The van der Waals surface area contributed by atoms with Gasteiger partial charge in [0.1, 0.15) is 18.1 Å². The number of benzene rings is 2. The SMILES string of the molecule is Cc1cccc(OCc2csc3c(O)cccc23)c1. The molecule has 3 aromatic rings. The Balaban J connectivity index is 1.84. The first-order valence-corrected chi connectivity index (χ1v) is 6.99. The topological polar surface area (TPSA) is 29.5 Å². The summed E-state index contributed by atoms with van der Waals surface area (Å²) < 4.78 is 6.73. The molecule has 2 nitrogen and oxygen atoms in total. The number of aromatic hydroxyl groups is 1. The number of thiophene rings is 1. The molecule has 2 aromatic carbocycles. The van der Waals surface area contributed by atoms with E-state index >= 15 is 0 Å². The predicted octanol–water partition coefficient (Wildman–Crippen LogP) is 4.49. The standard InChI is InChI=1S/C16H14O2S/c1-11-4-2-5-13(8-11)18-9-12-10-19-16-14(12)6-3-7-15(16)17/h2-8,10,17H,9H2,1H3. The van der Waals surface area contributed by atoms with Crippen LogP contribution in [-0.2, 0) is 6.61 Å². The van der Waals surface area contributed by atoms with E-state index in [1.807, 2.05) is 48.7 Å². The van der Waals surface area contributed by atoms with Crippen molar-refractivity contribution in [3.05, 3.63) is 59.0 Å². The number of aryl methyl sites for hydroxylation is 1. The third-order valence-electron chi connectivity index (χ3n) is 3.04. The zero-order chi connectivity index (χ0) is 13.2. The van der Waals surface area contributed by atoms with E-state index in [1.165, 1.54) is 5.56 Å². The van der Waals surface area contributed by atoms with Crippen LogP contribution in [0.3, 0.4) is 0 Å². The van der Waals surface area contributed by atoms with Crippen LogP contribution in [0.4, 0.5) is 0 Å². The van der Waals surface area contributed by atoms with Crippen molar-refractivity contribution in [3.8, 4) is 11.5 Å². The first kappa shape index (κ1) is 12.1. The van der Waals surface area contributed by atoms with Crippen LogP contribution < -0.4 is 4.74 Å². The van der Waals surface area contributed by atoms with E-state index in [0.717, 1.165) is 21.4 Å². The Morgan fingerprint density at radius 1 is 1.16 bits per heavy atom. The molecule has 0 amide bonds. The zero-order valence-electron chi connectivity index (χ0n) is 10.6. The van der Waals surface area contributed by atoms with E-state index in [1.54, 1.807) is 17.4 Å². The second-order valence-electron chi connectivity index (χ2n) is 4.52. The number of rotatable bonds is 3. The molecule has 0 atom stereocenters. The Kier molecular flexibility index (Phi) is 3.13. The van der Waals surface area contributed by atoms with Gasteiger partial charge in [-0.15, -0.1) is 11.3 Å². The maximum absolute atomic E-state index is 9.78. The molecule has 1 aromatic heterocycles. The average Bonchev–Trinajstić information content (AvgIpc) is 2.81. The fraction of sp³-hybridized carbons (Fsp3) is 0.125. The molecule has 0 bridgehead atoms. The lowest BCUT2D eigenvalue weighted by Crippen LogP contribution is -1.94. The summed E-state index contributed by atoms with van der Waals surface area (Å²) in [6, 6.07) is 13.6. The van der Waals surface area contributed by atoms with Crippen LogP contribution in [0.1, 0.15) is 11.1 Å². The number of hydrogen-bond donors (Lipinski definition) is 1. The third kappa shape index (κ3) is 2.42. The molecule has 96 valence electrons. The molecular formula is C16H14O2S. The second-order valence-corrected chi connectivity index (χ2v) is 5.40. The summed E-state index contributed by atoms with van der Waals surface area (Å²) in [5.74, 6) is 1.21. The van der Waals surface area contributed by atoms with Gasteiger partial charge in [0.05, 0.1) is 4.70 Å². The molecule has 0 unspecified atom stereocenters. The molecule has 3 rings (SSSR count). The third-order valence-corrected chi connectivity index (χ3v) is 4.11. The van der Waals surface area contributed by atoms with Gasteiger partial charge in [-0.2, -0.15) is 0 Å². The first-order valence-electron chi connectivity index (χ1n) is 6.11. The number of ether oxygens (including phenoxy) is 1. The van der Waals surface area contributed by atoms with Crippen LogP contribution in [0.2, 0.25) is 0 Å². The summed E-state index contributed by atoms with van der Waals surface area (Å²) >= 11 is 1.55. The largest absolute Gasteiger partial charge is 0.506 e. The van der Waals surface area contributed by atoms with Gasteiger partial charge in [0.25, 0.3) is 0 Å². The predicted molar refractivity (Wildman–Crippen MR) is 79.0 cm³/mol. The molecule has 3 heteroatoms. The molecule has 0 aliphatic carbocycles. The van der Waals surface area contributed by atoms with Crippen LogP contribution in [0, 0.1) is 6.92 Å². The molecule has 0 fully saturated rings. The number of phenolic OH excluding ortho intramolecular Hbond substituents is 1. The minimum atomic E-state index is 0.337. The Hall–Kier alpha value is -2.00. The lowest BCUT2D eigenvalue weighted by molar-refractivity contribution is 0.308. The number of hydrogen-bond acceptors (Lipinski definition) is 3. The van der Waals surface area contributed by atoms with Crippen LogP contribution in [0.15, 0.2) is 47.8 Å². The highest BCUT2D eigenvalue weighted by atomic mass is 32.1. The van der Waals surface area contributed by atoms with Crippen molar-refractivity contribution in [1.82, 2.24) is 0 Å². The van der Waals surface area contributed by atoms with Gasteiger partial charge in [-0.05, 0) is 36.1 Å². The Labute approximate surface area is 115 Å². The maximum atomic E-state index is 9.78. The van der Waals surface area contributed by atoms with Crippen molar-refractivity contribution in [2.75, 3.05) is 0 Å². The van der Waals surface area contributed by atoms with Gasteiger partial charge < -0.3 is 9.84 Å². The van der Waals surface area contributed by atoms with Crippen LogP contribution in [0.5, 0.6) is 11.5 Å². The highest BCUT2D eigenvalue weighted by molar-refractivity contribution is 7.17. The van der Waals surface area contributed by atoms with Crippen molar-refractivity contribution in [2.24, 2.45) is 0 Å². The summed E-state index contributed by atoms with van der Waals surface area (Å²) in [5, 5.41) is 12.9. The molecule has 0 aliphatic heterocycles. The van der Waals surface area contributed by atoms with E-state index in [2.05, 4.69) is 0 Å². The Morgan fingerprint density at radius 3 is 2.84 bits per heavy atom. The minimum absolute atomic E-state index is 0.337. The fourth-order valence-corrected chi connectivity index (χ4v) is 3.04. The van der Waals surface area contributed by atoms with Gasteiger partial charge in [0, 0.05) is 10.9 Å². The molecule has 0 radical (unpaired) electrons. The van der Waals surface area contributed by atoms with Crippen molar-refractivity contribution < 1.29 is 9.84 Å². The quantitative estimate of drug-likeness (QED) is 0.759. The van der Waals surface area contributed by atoms with Crippen molar-refractivity contribution in [2.45, 2.75) is 13.5 Å². The first-order chi connectivity index (χ1) is 9.24. The molecule has 0 aliphatic rings. The second kappa shape index (κ2) is 4.94. The van der Waals surface area contributed by atoms with Crippen LogP contribution in [-0.4, -0.2) is 5.11 Å². The monoisotopic (exact) mass is 270 g/mol. The summed E-state index contributed by atoms with van der Waals surface area (Å²) in [6.07, 6.45) is 0. The van der Waals surface area contributed by atoms with Crippen molar-refractivity contribution in [1.29, 1.82) is 0 Å². The Bertz CT molecular complexity index is 716. The van der Waals surface area contributed by atoms with E-state index in [4.69, 9.17) is 4.74 Å². The van der Waals surface area contributed by atoms with E-state index in [-0.39, 0.29) is 0 Å². The van der Waals surface area contributed by atoms with E-state index in [0.29, 0.717) is 12.4 Å². The van der Waals surface area contributed by atoms with Crippen LogP contribution >= 0.6 is 11.3 Å². The summed E-state index contributed by atoms with van der Waals surface area (Å²) in [6.45, 7) is 2.57. The van der Waals surface area contributed by atoms with Gasteiger partial charge in [-0.3, -0.25) is 0 Å². The average molecular weight is 270 g/mol. The maximum Gasteiger partial charge on any atom is 0.133 e. The highest BCUT2D eigenvalue weighted by Crippen LogP contribution is 2.33. The molecule has 1 heterocycles. The minimum Gasteiger partial charge on any atom is -0.506 e. The molecule has 1 N–H and O–H groups in total. The van der Waals surface area contributed by atoms with Gasteiger partial charge in [0.2, 0.25) is 0 Å². The van der Waals surface area contributed by atoms with Gasteiger partial charge in [-0.1, -0.05) is 24.3 Å². The fourth-order valence-electron chi connectivity index (χ4n) is 2.07. The van der Waals surface area contributed by atoms with Crippen LogP contribution in [0.25, 0.3) is 10.1 Å². The summed E-state index contributed by atoms with van der Waals surface area (Å²) in [5.41, 5.74) is 2.29. The molecule has 0 saturated heterocycles. The van der Waals surface area contributed by atoms with Gasteiger partial charge in [-0.25, -0.2) is 0 Å². The number of phenols is 1. The molecule has 0 saturated carbocycles. The lowest BCUT2D eigenvalue weighted by Gasteiger charge is -2.06. The zero-order valence-corrected chi connectivity index (χ0v) is 11.4. The normalized spacial score (nSPS) is 10.8. The van der Waals surface area contributed by atoms with Gasteiger partial charge >= 0.3 is 0 Å². The Morgan fingerprint density at radius 2 is 2.00 bits per heavy atom. The van der Waals surface area contributed by atoms with E-state index < -0.39 is 0 Å². The van der Waals surface area contributed by atoms with Crippen molar-refractivity contribution in [3.63, 3.8) is 0 Å².